The van der Waals surface area contributed by atoms with Gasteiger partial charge in [-0.1, -0.05) is 19.1 Å². The smallest absolute Gasteiger partial charge is 0.226 e. The van der Waals surface area contributed by atoms with Gasteiger partial charge >= 0.3 is 0 Å². The Morgan fingerprint density at radius 2 is 2.21 bits per heavy atom. The highest BCUT2D eigenvalue weighted by atomic mass is 32.1. The predicted molar refractivity (Wildman–Crippen MR) is 93.6 cm³/mol. The summed E-state index contributed by atoms with van der Waals surface area (Å²) in [4.78, 5) is 16.8. The highest BCUT2D eigenvalue weighted by molar-refractivity contribution is 7.09. The van der Waals surface area contributed by atoms with Crippen LogP contribution in [0.5, 0.6) is 0 Å². The molecule has 0 spiro atoms. The summed E-state index contributed by atoms with van der Waals surface area (Å²) in [5, 5.41) is 9.34. The Morgan fingerprint density at radius 3 is 2.96 bits per heavy atom. The van der Waals surface area contributed by atoms with Crippen molar-refractivity contribution in [3.8, 4) is 0 Å². The minimum Gasteiger partial charge on any atom is -0.353 e. The number of benzene rings is 1. The van der Waals surface area contributed by atoms with Gasteiger partial charge in [-0.2, -0.15) is 0 Å². The molecule has 1 aliphatic heterocycles. The van der Waals surface area contributed by atoms with Crippen molar-refractivity contribution < 1.29 is 9.18 Å². The molecule has 0 saturated carbocycles. The van der Waals surface area contributed by atoms with Crippen molar-refractivity contribution in [2.75, 3.05) is 13.1 Å². The predicted octanol–water partition coefficient (Wildman–Crippen LogP) is 2.53. The lowest BCUT2D eigenvalue weighted by Crippen LogP contribution is -2.48. The zero-order valence-electron chi connectivity index (χ0n) is 13.7. The Bertz CT molecular complexity index is 686. The van der Waals surface area contributed by atoms with Gasteiger partial charge in [-0.3, -0.25) is 4.79 Å². The van der Waals surface area contributed by atoms with Crippen molar-refractivity contribution in [1.29, 1.82) is 0 Å². The zero-order chi connectivity index (χ0) is 16.9. The van der Waals surface area contributed by atoms with E-state index in [1.54, 1.807) is 23.5 Å². The first kappa shape index (κ1) is 17.0. The van der Waals surface area contributed by atoms with Crippen LogP contribution in [0.15, 0.2) is 29.6 Å². The second-order valence-corrected chi connectivity index (χ2v) is 7.30. The first-order chi connectivity index (χ1) is 11.6. The Morgan fingerprint density at radius 1 is 1.42 bits per heavy atom. The number of aromatic nitrogens is 1. The largest absolute Gasteiger partial charge is 0.353 e. The molecular formula is C18H22FN3OS. The average molecular weight is 347 g/mol. The van der Waals surface area contributed by atoms with Gasteiger partial charge in [-0.15, -0.1) is 11.3 Å². The zero-order valence-corrected chi connectivity index (χ0v) is 14.5. The van der Waals surface area contributed by atoms with Crippen LogP contribution >= 0.6 is 11.3 Å². The van der Waals surface area contributed by atoms with Crippen LogP contribution < -0.4 is 10.6 Å². The second kappa shape index (κ2) is 7.85. The van der Waals surface area contributed by atoms with Gasteiger partial charge in [0.1, 0.15) is 5.82 Å². The van der Waals surface area contributed by atoms with Crippen molar-refractivity contribution in [3.63, 3.8) is 0 Å². The van der Waals surface area contributed by atoms with Gasteiger partial charge in [0.15, 0.2) is 0 Å². The van der Waals surface area contributed by atoms with E-state index in [-0.39, 0.29) is 17.8 Å². The molecule has 24 heavy (non-hydrogen) atoms. The molecule has 128 valence electrons. The maximum Gasteiger partial charge on any atom is 0.226 e. The van der Waals surface area contributed by atoms with Crippen LogP contribution in [0.2, 0.25) is 0 Å². The van der Waals surface area contributed by atoms with Crippen LogP contribution in [0, 0.1) is 11.7 Å². The van der Waals surface area contributed by atoms with Crippen LogP contribution in [-0.4, -0.2) is 30.0 Å². The highest BCUT2D eigenvalue weighted by Crippen LogP contribution is 2.16. The molecule has 3 rings (SSSR count). The first-order valence-electron chi connectivity index (χ1n) is 8.28. The van der Waals surface area contributed by atoms with Gasteiger partial charge in [0.05, 0.1) is 17.1 Å². The summed E-state index contributed by atoms with van der Waals surface area (Å²) in [6, 6.07) is 6.69. The number of thiazole rings is 1. The number of carbonyl (C=O) groups excluding carboxylic acids is 1. The summed E-state index contributed by atoms with van der Waals surface area (Å²) in [6.07, 6.45) is 1.95. The molecule has 0 bridgehead atoms. The van der Waals surface area contributed by atoms with E-state index in [9.17, 15) is 9.18 Å². The molecule has 1 fully saturated rings. The molecule has 1 saturated heterocycles. The van der Waals surface area contributed by atoms with E-state index in [0.717, 1.165) is 35.8 Å². The number of hydrogen-bond acceptors (Lipinski definition) is 4. The Labute approximate surface area is 145 Å². The average Bonchev–Trinajstić information content (AvgIpc) is 2.99. The molecule has 2 N–H and O–H groups in total. The summed E-state index contributed by atoms with van der Waals surface area (Å²) in [6.45, 7) is 4.05. The molecule has 4 nitrogen and oxygen atoms in total. The lowest BCUT2D eigenvalue weighted by atomic mass is 9.95. The molecule has 6 heteroatoms. The minimum absolute atomic E-state index is 0.0346. The molecule has 1 aliphatic rings. The summed E-state index contributed by atoms with van der Waals surface area (Å²) < 4.78 is 12.9. The molecule has 1 aromatic heterocycles. The number of nitrogens with one attached hydrogen (secondary N) is 2. The topological polar surface area (TPSA) is 54.0 Å². The van der Waals surface area contributed by atoms with Gasteiger partial charge in [0.2, 0.25) is 5.91 Å². The number of amides is 1. The van der Waals surface area contributed by atoms with E-state index in [2.05, 4.69) is 22.5 Å². The fraction of sp³-hybridized carbons (Fsp3) is 0.444. The fourth-order valence-electron chi connectivity index (χ4n) is 2.94. The lowest BCUT2D eigenvalue weighted by molar-refractivity contribution is -0.121. The van der Waals surface area contributed by atoms with E-state index >= 15 is 0 Å². The first-order valence-corrected chi connectivity index (χ1v) is 9.16. The molecule has 1 amide bonds. The number of halogens is 1. The van der Waals surface area contributed by atoms with Gasteiger partial charge in [-0.25, -0.2) is 9.37 Å². The quantitative estimate of drug-likeness (QED) is 0.874. The van der Waals surface area contributed by atoms with Crippen molar-refractivity contribution in [3.05, 3.63) is 51.7 Å². The highest BCUT2D eigenvalue weighted by Gasteiger charge is 2.22. The third kappa shape index (κ3) is 4.61. The molecule has 2 heterocycles. The SMILES string of the molecule is CC1CNCCC1NC(=O)Cc1csc(Cc2ccc(F)cc2)n1. The number of hydrogen-bond donors (Lipinski definition) is 2. The lowest BCUT2D eigenvalue weighted by Gasteiger charge is -2.30. The van der Waals surface area contributed by atoms with E-state index < -0.39 is 0 Å². The molecule has 0 radical (unpaired) electrons. The van der Waals surface area contributed by atoms with Crippen LogP contribution in [0.3, 0.4) is 0 Å². The molecule has 2 aromatic rings. The molecule has 2 unspecified atom stereocenters. The van der Waals surface area contributed by atoms with E-state index in [1.807, 2.05) is 5.38 Å². The van der Waals surface area contributed by atoms with Crippen molar-refractivity contribution in [2.24, 2.45) is 5.92 Å². The summed E-state index contributed by atoms with van der Waals surface area (Å²) in [5.74, 6) is 0.252. The van der Waals surface area contributed by atoms with Gasteiger partial charge < -0.3 is 10.6 Å². The number of rotatable bonds is 5. The normalized spacial score (nSPS) is 20.8. The van der Waals surface area contributed by atoms with Crippen molar-refractivity contribution in [1.82, 2.24) is 15.6 Å². The fourth-order valence-corrected chi connectivity index (χ4v) is 3.77. The Balaban J connectivity index is 1.53. The Hall–Kier alpha value is -1.79. The number of nitrogens with zero attached hydrogens (tertiary/aromatic N) is 1. The van der Waals surface area contributed by atoms with E-state index in [0.29, 0.717) is 18.8 Å². The van der Waals surface area contributed by atoms with E-state index in [1.165, 1.54) is 12.1 Å². The van der Waals surface area contributed by atoms with Crippen LogP contribution in [-0.2, 0) is 17.6 Å². The molecule has 0 aliphatic carbocycles. The van der Waals surface area contributed by atoms with Gasteiger partial charge in [0, 0.05) is 17.8 Å². The summed E-state index contributed by atoms with van der Waals surface area (Å²) in [7, 11) is 0. The number of carbonyl (C=O) groups is 1. The van der Waals surface area contributed by atoms with Gasteiger partial charge in [0.25, 0.3) is 0 Å². The minimum atomic E-state index is -0.234. The standard InChI is InChI=1S/C18H22FN3OS/c1-12-10-20-7-6-16(12)22-17(23)9-15-11-24-18(21-15)8-13-2-4-14(19)5-3-13/h2-5,11-12,16,20H,6-10H2,1H3,(H,22,23). The van der Waals surface area contributed by atoms with Crippen molar-refractivity contribution >= 4 is 17.2 Å². The van der Waals surface area contributed by atoms with Crippen LogP contribution in [0.4, 0.5) is 4.39 Å². The second-order valence-electron chi connectivity index (χ2n) is 6.36. The Kier molecular flexibility index (Phi) is 5.58. The third-order valence-corrected chi connectivity index (χ3v) is 5.24. The van der Waals surface area contributed by atoms with Crippen molar-refractivity contribution in [2.45, 2.75) is 32.2 Å². The summed E-state index contributed by atoms with van der Waals surface area (Å²) >= 11 is 1.54. The summed E-state index contributed by atoms with van der Waals surface area (Å²) in [5.41, 5.74) is 1.82. The maximum atomic E-state index is 12.9. The van der Waals surface area contributed by atoms with Gasteiger partial charge in [-0.05, 0) is 43.1 Å². The van der Waals surface area contributed by atoms with Crippen LogP contribution in [0.25, 0.3) is 0 Å². The molecule has 1 aromatic carbocycles. The molecular weight excluding hydrogens is 325 g/mol. The third-order valence-electron chi connectivity index (χ3n) is 4.34. The van der Waals surface area contributed by atoms with Crippen LogP contribution in [0.1, 0.15) is 29.6 Å². The number of piperidine rings is 1. The molecule has 2 atom stereocenters. The van der Waals surface area contributed by atoms with E-state index in [4.69, 9.17) is 0 Å². The monoisotopic (exact) mass is 347 g/mol. The maximum absolute atomic E-state index is 12.9.